The fraction of sp³-hybridized carbons (Fsp3) is 0. The van der Waals surface area contributed by atoms with Crippen LogP contribution in [0.2, 0.25) is 0 Å². The first kappa shape index (κ1) is 63.1. The van der Waals surface area contributed by atoms with Gasteiger partial charge in [-0.1, -0.05) is 0 Å². The summed E-state index contributed by atoms with van der Waals surface area (Å²) < 4.78 is 13.6. The Morgan fingerprint density at radius 1 is 0.450 bits per heavy atom. The average Bonchev–Trinajstić information content (AvgIpc) is 2.09. The van der Waals surface area contributed by atoms with Gasteiger partial charge in [-0.05, 0) is 11.0 Å². The van der Waals surface area contributed by atoms with Gasteiger partial charge < -0.3 is 51.4 Å². The predicted octanol–water partition coefficient (Wildman–Crippen LogP) is 2.34. The molecule has 0 aromatic carbocycles. The fourth-order valence-electron chi connectivity index (χ4n) is 0. The van der Waals surface area contributed by atoms with Crippen LogP contribution < -0.4 is 0 Å². The van der Waals surface area contributed by atoms with Gasteiger partial charge in [0.2, 0.25) is 0 Å². The van der Waals surface area contributed by atoms with E-state index >= 15 is 0 Å². The van der Waals surface area contributed by atoms with Crippen molar-refractivity contribution in [3.8, 4) is 0 Å². The van der Waals surface area contributed by atoms with Gasteiger partial charge in [-0.25, -0.2) is 0 Å². The Balaban J connectivity index is -0.00000000735. The van der Waals surface area contributed by atoms with Crippen molar-refractivity contribution in [1.29, 1.82) is 0 Å². The first-order valence-corrected chi connectivity index (χ1v) is 3.23. The topological polar surface area (TPSA) is 158 Å². The number of hydrogen-bond donors (Lipinski definition) is 0. The molecule has 0 aliphatic heterocycles. The number of halogens is 5. The van der Waals surface area contributed by atoms with Crippen LogP contribution >= 0.6 is 59.3 Å². The van der Waals surface area contributed by atoms with Crippen molar-refractivity contribution in [2.75, 3.05) is 0 Å². The molecule has 0 bridgehead atoms. The molecule has 116 valence electrons. The minimum Gasteiger partial charge on any atom is -1.40 e. The van der Waals surface area contributed by atoms with Crippen LogP contribution in [0.3, 0.4) is 0 Å². The molecule has 0 spiro atoms. The first-order chi connectivity index (χ1) is 7.07. The Hall–Kier alpha value is 7.40. The maximum absolute atomic E-state index is 6.83. The zero-order valence-electron chi connectivity index (χ0n) is 8.34. The number of nitrogens with zero attached hydrogens (tertiary/aromatic N) is 5. The zero-order valence-corrected chi connectivity index (χ0v) is 23.9. The van der Waals surface area contributed by atoms with Gasteiger partial charge in [0.05, 0.1) is 0 Å². The monoisotopic (exact) mass is 838 g/mol. The molecule has 0 aromatic heterocycles. The van der Waals surface area contributed by atoms with E-state index in [1.54, 1.807) is 0 Å². The van der Waals surface area contributed by atoms with Crippen molar-refractivity contribution in [1.82, 2.24) is 0 Å². The molecule has 0 unspecified atom stereocenters. The maximum Gasteiger partial charge on any atom is 3.00 e. The smallest absolute Gasteiger partial charge is 1.40 e. The Bertz CT molecular complexity index is 59.2. The molecule has 0 fully saturated rings. The largest absolute Gasteiger partial charge is 3.00 e. The zero-order chi connectivity index (χ0) is 13.5. The Labute approximate surface area is 302 Å². The average molecular weight is 839 g/mol. The summed E-state index contributed by atoms with van der Waals surface area (Å²) in [5, 5.41) is 0. The van der Waals surface area contributed by atoms with E-state index in [4.69, 9.17) is 29.5 Å². The van der Waals surface area contributed by atoms with E-state index < -0.39 is 0 Å². The fourth-order valence-corrected chi connectivity index (χ4v) is 0. The number of rotatable bonds is 0. The van der Waals surface area contributed by atoms with Crippen molar-refractivity contribution in [3.05, 3.63) is 29.5 Å². The Morgan fingerprint density at radius 2 is 0.450 bits per heavy atom. The Morgan fingerprint density at radius 3 is 0.450 bits per heavy atom. The summed E-state index contributed by atoms with van der Waals surface area (Å²) in [6.45, 7) is 0. The molecule has 0 N–H and O–H groups in total. The molecule has 10 nitrogen and oxygen atoms in total. The van der Waals surface area contributed by atoms with E-state index in [0.29, 0.717) is 0 Å². The van der Waals surface area contributed by atoms with E-state index in [1.807, 2.05) is 0 Å². The van der Waals surface area contributed by atoms with Crippen molar-refractivity contribution in [2.45, 2.75) is 0 Å². The van der Waals surface area contributed by atoms with Gasteiger partial charge in [-0.15, -0.1) is 0 Å². The summed E-state index contributed by atoms with van der Waals surface area (Å²) in [7, 11) is 0. The second kappa shape index (κ2) is 111. The molecular formula is H4Cl5Eu2N5O5SiSr2. The summed E-state index contributed by atoms with van der Waals surface area (Å²) in [5.74, 6) is 34.2. The van der Waals surface area contributed by atoms with Crippen LogP contribution in [-0.4, -0.2) is 102 Å². The third-order valence-corrected chi connectivity index (χ3v) is 0. The first-order valence-electron chi connectivity index (χ1n) is 1.68. The second-order valence-electron chi connectivity index (χ2n) is 0.345. The molecule has 20 heteroatoms. The van der Waals surface area contributed by atoms with E-state index in [-0.39, 0.29) is 201 Å². The minimum atomic E-state index is 0. The van der Waals surface area contributed by atoms with Gasteiger partial charge in [0.1, 0.15) is 0 Å². The van der Waals surface area contributed by atoms with Crippen molar-refractivity contribution < 1.29 is 121 Å². The molecule has 0 aromatic rings. The van der Waals surface area contributed by atoms with Crippen LogP contribution in [0.5, 0.6) is 0 Å². The van der Waals surface area contributed by atoms with Gasteiger partial charge in [0, 0.05) is 59.3 Å². The van der Waals surface area contributed by atoms with Crippen LogP contribution in [-0.2, 0) is 22.0 Å². The van der Waals surface area contributed by atoms with Crippen molar-refractivity contribution in [2.24, 2.45) is 0 Å². The molecule has 0 saturated heterocycles. The molecule has 20 heavy (non-hydrogen) atoms. The van der Waals surface area contributed by atoms with Gasteiger partial charge in [-0.3, -0.25) is 0 Å². The molecule has 0 radical (unpaired) electrons. The SMILES string of the molecule is [Eu+3].[Eu+3].[N-2]OCl.[N-2]OCl.[N-2]OCl.[N-2]OCl.[N-2]OCl.[SiH4].[Sr+2].[Sr+2]. The van der Waals surface area contributed by atoms with E-state index in [9.17, 15) is 0 Å². The van der Waals surface area contributed by atoms with E-state index in [2.05, 4.69) is 81.3 Å². The van der Waals surface area contributed by atoms with Crippen LogP contribution in [0.25, 0.3) is 29.5 Å². The molecule has 0 atom stereocenters. The maximum atomic E-state index is 6.83. The standard InChI is InChI=1S/5ClNO.2Eu.H4Si.2Sr/c5*1-3-2;;;;;/h;;;;;;;1H4;;/q5*-2;2*+3;;2*+2. The van der Waals surface area contributed by atoms with Crippen LogP contribution in [0.4, 0.5) is 0 Å². The summed E-state index contributed by atoms with van der Waals surface area (Å²) in [5.41, 5.74) is 0. The van der Waals surface area contributed by atoms with Gasteiger partial charge in [0.25, 0.3) is 0 Å². The Kier molecular flexibility index (Phi) is 349. The quantitative estimate of drug-likeness (QED) is 0.271. The third kappa shape index (κ3) is 276. The van der Waals surface area contributed by atoms with Gasteiger partial charge >= 0.3 is 190 Å². The summed E-state index contributed by atoms with van der Waals surface area (Å²) >= 11 is 20.3. The van der Waals surface area contributed by atoms with E-state index in [0.717, 1.165) is 0 Å². The third-order valence-electron chi connectivity index (χ3n) is 0. The second-order valence-corrected chi connectivity index (χ2v) is 1.04. The predicted molar refractivity (Wildman–Crippen MR) is 74.3 cm³/mol. The van der Waals surface area contributed by atoms with Gasteiger partial charge in [0.15, 0.2) is 0 Å². The van der Waals surface area contributed by atoms with Crippen molar-refractivity contribution >= 4 is 161 Å². The molecule has 0 heterocycles. The normalized spacial score (nSPS) is 4.50. The number of hydrogen-bond acceptors (Lipinski definition) is 5. The van der Waals surface area contributed by atoms with Crippen molar-refractivity contribution in [3.63, 3.8) is 0 Å². The molecule has 0 aliphatic rings. The minimum absolute atomic E-state index is 0. The van der Waals surface area contributed by atoms with Gasteiger partial charge in [-0.2, -0.15) is 0 Å². The van der Waals surface area contributed by atoms with E-state index in [1.165, 1.54) is 0 Å². The molecular weight excluding hydrogens is 835 g/mol. The molecule has 0 saturated carbocycles. The molecule has 0 amide bonds. The summed E-state index contributed by atoms with van der Waals surface area (Å²) in [6, 6.07) is 0. The molecule has 0 aliphatic carbocycles. The summed E-state index contributed by atoms with van der Waals surface area (Å²) in [4.78, 5) is 0. The van der Waals surface area contributed by atoms with Crippen LogP contribution in [0.1, 0.15) is 0 Å². The van der Waals surface area contributed by atoms with Crippen LogP contribution in [0.15, 0.2) is 0 Å². The summed E-state index contributed by atoms with van der Waals surface area (Å²) in [6.07, 6.45) is 0. The van der Waals surface area contributed by atoms with Crippen LogP contribution in [0, 0.1) is 98.8 Å². The molecule has 0 rings (SSSR count).